The number of benzene rings is 3. The van der Waals surface area contributed by atoms with Gasteiger partial charge in [-0.3, -0.25) is 4.21 Å². The summed E-state index contributed by atoms with van der Waals surface area (Å²) >= 11 is 0. The molecule has 0 aliphatic heterocycles. The largest absolute Gasteiger partial charge is 0.457 e. The van der Waals surface area contributed by atoms with Crippen molar-refractivity contribution in [1.82, 2.24) is 4.72 Å². The Morgan fingerprint density at radius 3 is 1.45 bits per heavy atom. The lowest BCUT2D eigenvalue weighted by molar-refractivity contribution is 0.0146. The van der Waals surface area contributed by atoms with Crippen molar-refractivity contribution in [3.63, 3.8) is 0 Å². The van der Waals surface area contributed by atoms with Crippen LogP contribution in [0.15, 0.2) is 96.5 Å². The Morgan fingerprint density at radius 2 is 0.974 bits per heavy atom. The van der Waals surface area contributed by atoms with Crippen LogP contribution in [0.1, 0.15) is 167 Å². The molecule has 1 N–H and O–H groups in total. The maximum atomic E-state index is 13.3. The van der Waals surface area contributed by atoms with E-state index in [2.05, 4.69) is 152 Å². The molecule has 3 aromatic rings. The summed E-state index contributed by atoms with van der Waals surface area (Å²) < 4.78 is 77.4. The van der Waals surface area contributed by atoms with Gasteiger partial charge in [0.1, 0.15) is 11.5 Å². The van der Waals surface area contributed by atoms with Crippen LogP contribution in [-0.4, -0.2) is 33.0 Å². The van der Waals surface area contributed by atoms with Crippen molar-refractivity contribution in [2.24, 2.45) is 114 Å². The molecule has 13 nitrogen and oxygen atoms in total. The summed E-state index contributed by atoms with van der Waals surface area (Å²) in [6, 6.07) is 19.3. The van der Waals surface area contributed by atoms with E-state index in [0.29, 0.717) is 62.7 Å². The average molecular weight is 1130 g/mol. The molecule has 6 saturated carbocycles. The third-order valence-corrected chi connectivity index (χ3v) is 23.4. The quantitative estimate of drug-likeness (QED) is 0.0808. The summed E-state index contributed by atoms with van der Waals surface area (Å²) in [6.07, 6.45) is 9.12. The second-order valence-electron chi connectivity index (χ2n) is 29.2. The molecule has 0 aromatic heterocycles. The van der Waals surface area contributed by atoms with Crippen molar-refractivity contribution < 1.29 is 25.8 Å². The van der Waals surface area contributed by atoms with E-state index in [9.17, 15) is 21.0 Å². The molecule has 16 heteroatoms. The predicted octanol–water partition coefficient (Wildman–Crippen LogP) is 16.9. The number of hydrogen-bond acceptors (Lipinski definition) is 6. The molecular formula is C62H93N7O6S3. The van der Waals surface area contributed by atoms with Crippen molar-refractivity contribution in [2.45, 2.75) is 182 Å². The molecule has 6 bridgehead atoms. The Labute approximate surface area is 470 Å². The molecule has 78 heavy (non-hydrogen) atoms. The molecule has 3 aromatic carbocycles. The summed E-state index contributed by atoms with van der Waals surface area (Å²) in [5, 5.41) is 0. The van der Waals surface area contributed by atoms with Gasteiger partial charge < -0.3 is 4.74 Å². The van der Waals surface area contributed by atoms with Gasteiger partial charge in [0, 0.05) is 25.3 Å². The molecule has 6 aliphatic carbocycles. The van der Waals surface area contributed by atoms with E-state index in [4.69, 9.17) is 15.8 Å². The number of azide groups is 2. The van der Waals surface area contributed by atoms with E-state index < -0.39 is 29.8 Å². The van der Waals surface area contributed by atoms with Gasteiger partial charge in [0.2, 0.25) is 10.0 Å². The van der Waals surface area contributed by atoms with Crippen molar-refractivity contribution in [3.05, 3.63) is 99.2 Å². The molecule has 0 amide bonds. The third kappa shape index (κ3) is 13.2. The van der Waals surface area contributed by atoms with Crippen LogP contribution in [0.2, 0.25) is 0 Å². The number of hydrogen-bond donors (Lipinski definition) is 1. The summed E-state index contributed by atoms with van der Waals surface area (Å²) in [5.74, 6) is 15.6. The summed E-state index contributed by atoms with van der Waals surface area (Å²) in [4.78, 5) is 5.51. The first kappa shape index (κ1) is 61.6. The fraction of sp³-hybridized carbons (Fsp3) is 0.694. The number of fused-ring (bicyclic) bond motifs is 6. The normalized spacial score (nSPS) is 31.2. The molecule has 0 saturated heterocycles. The van der Waals surface area contributed by atoms with E-state index in [-0.39, 0.29) is 26.7 Å². The predicted molar refractivity (Wildman–Crippen MR) is 317 cm³/mol. The smallest absolute Gasteiger partial charge is 0.264 e. The summed E-state index contributed by atoms with van der Waals surface area (Å²) in [7, 11) is -10.7. The highest BCUT2D eigenvalue weighted by molar-refractivity contribution is 7.99. The van der Waals surface area contributed by atoms with Gasteiger partial charge in [-0.1, -0.05) is 123 Å². The Kier molecular flexibility index (Phi) is 17.9. The lowest BCUT2D eigenvalue weighted by atomic mass is 9.58. The van der Waals surface area contributed by atoms with Gasteiger partial charge >= 0.3 is 0 Å². The molecule has 6 fully saturated rings. The highest BCUT2D eigenvalue weighted by Gasteiger charge is 2.60. The minimum Gasteiger partial charge on any atom is -0.457 e. The zero-order valence-corrected chi connectivity index (χ0v) is 52.1. The summed E-state index contributed by atoms with van der Waals surface area (Å²) in [6.45, 7) is 37.9. The Bertz CT molecular complexity index is 3030. The average Bonchev–Trinajstić information content (AvgIpc) is 4.39. The van der Waals surface area contributed by atoms with Gasteiger partial charge in [-0.2, -0.15) is 0 Å². The lowest BCUT2D eigenvalue weighted by Gasteiger charge is -2.48. The number of rotatable bonds is 12. The number of sulfonamides is 2. The van der Waals surface area contributed by atoms with Crippen molar-refractivity contribution in [3.8, 4) is 11.5 Å². The monoisotopic (exact) mass is 1130 g/mol. The van der Waals surface area contributed by atoms with Crippen LogP contribution in [0.3, 0.4) is 0 Å². The fourth-order valence-electron chi connectivity index (χ4n) is 17.4. The van der Waals surface area contributed by atoms with Crippen molar-refractivity contribution in [1.29, 1.82) is 0 Å². The SMILES string of the molecule is C=S(=O)(N=[N+]=[N-])c1ccc(C2CC3CC2C(C(C)C)C3C(C)(C)C)cc1.CC(C)(C)C1C2CC(NS(=O)(=O)c3ccc(Oc4ccc(S(=O)(=O)N=[N+]=[N-])cc4)cc3)C(C2)C1C(C)(C)C.CC(C)C1C2CCC(C2)C1C(C)(C)C. The lowest BCUT2D eigenvalue weighted by Crippen LogP contribution is -2.49. The topological polar surface area (TPSA) is 204 Å². The van der Waals surface area contributed by atoms with Gasteiger partial charge in [0.15, 0.2) is 0 Å². The standard InChI is InChI=1S/C27H36N4O5S2.C21H31N3OS.C14H26/c1-26(2,3)24-17-15-22(25(24)27(4,5)6)23(16-17)29-37(32,33)20-11-7-18(8-12-20)36-19-9-13-21(14-10-19)38(34,35)31-30-28;1-13(2)19-18-12-15(20(19)21(3,4)5)11-17(18)14-7-9-16(10-8-14)26(6,25)24-23-22;1-9(2)12-10-6-7-11(8-10)13(12)14(3,4)5/h7-14,17,22-25,29H,15-16H2,1-6H3;7-10,13,15,17-20H,6,11-12H2,1-5H3;9-13H,6-8H2,1-5H3. The minimum absolute atomic E-state index is 0.0797. The van der Waals surface area contributed by atoms with Crippen LogP contribution >= 0.6 is 0 Å². The first-order chi connectivity index (χ1) is 36.0. The minimum atomic E-state index is -4.08. The van der Waals surface area contributed by atoms with Crippen molar-refractivity contribution in [2.75, 3.05) is 0 Å². The van der Waals surface area contributed by atoms with Crippen molar-refractivity contribution >= 4 is 35.6 Å². The van der Waals surface area contributed by atoms with Gasteiger partial charge in [0.25, 0.3) is 10.0 Å². The molecular weight excluding hydrogens is 1030 g/mol. The van der Waals surface area contributed by atoms with Crippen LogP contribution in [0.25, 0.3) is 20.9 Å². The molecule has 430 valence electrons. The third-order valence-electron chi connectivity index (χ3n) is 19.4. The Morgan fingerprint density at radius 1 is 0.526 bits per heavy atom. The van der Waals surface area contributed by atoms with Crippen LogP contribution in [0.5, 0.6) is 11.5 Å². The van der Waals surface area contributed by atoms with E-state index >= 15 is 0 Å². The fourth-order valence-corrected chi connectivity index (χ4v) is 20.1. The van der Waals surface area contributed by atoms with Gasteiger partial charge in [-0.15, -0.1) is 0 Å². The van der Waals surface area contributed by atoms with Crippen LogP contribution in [0, 0.1) is 105 Å². The van der Waals surface area contributed by atoms with E-state index in [1.165, 1.54) is 67.6 Å². The maximum Gasteiger partial charge on any atom is 0.264 e. The summed E-state index contributed by atoms with van der Waals surface area (Å²) in [5.41, 5.74) is 19.5. The molecule has 0 radical (unpaired) electrons. The molecule has 6 aliphatic rings. The Balaban J connectivity index is 0.000000189. The van der Waals surface area contributed by atoms with E-state index in [1.807, 2.05) is 12.1 Å². The molecule has 9 rings (SSSR count). The molecule has 0 spiro atoms. The van der Waals surface area contributed by atoms with E-state index in [0.717, 1.165) is 66.1 Å². The first-order valence-electron chi connectivity index (χ1n) is 28.7. The molecule has 0 heterocycles. The number of nitrogens with zero attached hydrogens (tertiary/aromatic N) is 6. The van der Waals surface area contributed by atoms with Crippen LogP contribution in [-0.2, 0) is 29.8 Å². The zero-order chi connectivity index (χ0) is 57.9. The van der Waals surface area contributed by atoms with Crippen LogP contribution in [0.4, 0.5) is 0 Å². The second-order valence-corrected chi connectivity index (χ2v) is 34.5. The highest BCUT2D eigenvalue weighted by atomic mass is 32.2. The van der Waals surface area contributed by atoms with Crippen LogP contribution < -0.4 is 9.46 Å². The number of nitrogens with one attached hydrogen (secondary N) is 1. The molecule has 15 atom stereocenters. The zero-order valence-electron chi connectivity index (χ0n) is 49.7. The molecule has 15 unspecified atom stereocenters. The Hall–Kier alpha value is -4.04. The second kappa shape index (κ2) is 22.7. The van der Waals surface area contributed by atoms with Gasteiger partial charge in [-0.05, 0) is 243 Å². The first-order valence-corrected chi connectivity index (χ1v) is 33.4. The number of ether oxygens (including phenoxy) is 1. The highest BCUT2D eigenvalue weighted by Crippen LogP contribution is 2.66. The van der Waals surface area contributed by atoms with Gasteiger partial charge in [0.05, 0.1) is 19.5 Å². The van der Waals surface area contributed by atoms with Gasteiger partial charge in [-0.25, -0.2) is 21.6 Å². The maximum absolute atomic E-state index is 13.3. The van der Waals surface area contributed by atoms with E-state index in [1.54, 1.807) is 18.6 Å².